The molecule has 130 valence electrons. The summed E-state index contributed by atoms with van der Waals surface area (Å²) in [6, 6.07) is 0. The SMILES string of the molecule is CC(C)CCc1nc(CN2C[C@@H](C(F)(F)F)[C@H](C(=O)O)C2)cs1. The van der Waals surface area contributed by atoms with Crippen molar-refractivity contribution < 1.29 is 23.1 Å². The Labute approximate surface area is 137 Å². The normalized spacial score (nSPS) is 22.9. The molecule has 0 unspecified atom stereocenters. The summed E-state index contributed by atoms with van der Waals surface area (Å²) in [5.41, 5.74) is 0.723. The zero-order chi connectivity index (χ0) is 17.2. The first-order valence-electron chi connectivity index (χ1n) is 7.62. The summed E-state index contributed by atoms with van der Waals surface area (Å²) >= 11 is 1.51. The molecule has 0 bridgehead atoms. The molecule has 1 N–H and O–H groups in total. The van der Waals surface area contributed by atoms with Crippen molar-refractivity contribution in [3.8, 4) is 0 Å². The highest BCUT2D eigenvalue weighted by Gasteiger charge is 2.52. The molecule has 1 aliphatic heterocycles. The van der Waals surface area contributed by atoms with E-state index in [0.717, 1.165) is 23.5 Å². The molecule has 1 aromatic heterocycles. The molecule has 1 saturated heterocycles. The minimum atomic E-state index is -4.48. The molecule has 2 heterocycles. The van der Waals surface area contributed by atoms with Gasteiger partial charge in [0.2, 0.25) is 0 Å². The summed E-state index contributed by atoms with van der Waals surface area (Å²) in [4.78, 5) is 17.1. The Balaban J connectivity index is 1.97. The second-order valence-corrected chi connectivity index (χ2v) is 7.39. The lowest BCUT2D eigenvalue weighted by Crippen LogP contribution is -2.33. The first-order chi connectivity index (χ1) is 10.7. The highest BCUT2D eigenvalue weighted by molar-refractivity contribution is 7.09. The highest BCUT2D eigenvalue weighted by atomic mass is 32.1. The van der Waals surface area contributed by atoms with Gasteiger partial charge in [0.1, 0.15) is 0 Å². The van der Waals surface area contributed by atoms with Gasteiger partial charge in [-0.05, 0) is 18.8 Å². The van der Waals surface area contributed by atoms with Crippen LogP contribution in [0.4, 0.5) is 13.2 Å². The van der Waals surface area contributed by atoms with Crippen LogP contribution < -0.4 is 0 Å². The largest absolute Gasteiger partial charge is 0.481 e. The lowest BCUT2D eigenvalue weighted by molar-refractivity contribution is -0.188. The van der Waals surface area contributed by atoms with Gasteiger partial charge < -0.3 is 5.11 Å². The molecule has 4 nitrogen and oxygen atoms in total. The number of carbonyl (C=O) groups is 1. The monoisotopic (exact) mass is 350 g/mol. The summed E-state index contributed by atoms with van der Waals surface area (Å²) in [6.07, 6.45) is -2.60. The zero-order valence-electron chi connectivity index (χ0n) is 13.1. The third-order valence-corrected chi connectivity index (χ3v) is 5.01. The second-order valence-electron chi connectivity index (χ2n) is 6.45. The first-order valence-corrected chi connectivity index (χ1v) is 8.50. The summed E-state index contributed by atoms with van der Waals surface area (Å²) < 4.78 is 38.9. The lowest BCUT2D eigenvalue weighted by Gasteiger charge is -2.18. The summed E-state index contributed by atoms with van der Waals surface area (Å²) in [5.74, 6) is -4.01. The van der Waals surface area contributed by atoms with Gasteiger partial charge in [0.05, 0.1) is 22.5 Å². The molecule has 0 radical (unpaired) electrons. The van der Waals surface area contributed by atoms with E-state index in [4.69, 9.17) is 5.11 Å². The molecule has 1 fully saturated rings. The third kappa shape index (κ3) is 4.91. The number of aliphatic carboxylic acids is 1. The molecule has 0 spiro atoms. The maximum atomic E-state index is 13.0. The van der Waals surface area contributed by atoms with E-state index in [1.807, 2.05) is 5.38 Å². The van der Waals surface area contributed by atoms with E-state index in [1.54, 1.807) is 0 Å². The minimum Gasteiger partial charge on any atom is -0.481 e. The number of aromatic nitrogens is 1. The van der Waals surface area contributed by atoms with Crippen LogP contribution in [0.2, 0.25) is 0 Å². The molecule has 0 aromatic carbocycles. The Morgan fingerprint density at radius 2 is 2.17 bits per heavy atom. The van der Waals surface area contributed by atoms with Gasteiger partial charge in [0.15, 0.2) is 0 Å². The molecule has 1 aromatic rings. The van der Waals surface area contributed by atoms with E-state index in [0.29, 0.717) is 5.92 Å². The second kappa shape index (κ2) is 7.17. The Kier molecular flexibility index (Phi) is 5.67. The van der Waals surface area contributed by atoms with Crippen molar-refractivity contribution in [3.05, 3.63) is 16.1 Å². The lowest BCUT2D eigenvalue weighted by atomic mass is 9.96. The van der Waals surface area contributed by atoms with Gasteiger partial charge in [-0.3, -0.25) is 9.69 Å². The van der Waals surface area contributed by atoms with Crippen LogP contribution in [0.5, 0.6) is 0 Å². The number of nitrogens with zero attached hydrogens (tertiary/aromatic N) is 2. The molecular formula is C15H21F3N2O2S. The number of aryl methyl sites for hydroxylation is 1. The van der Waals surface area contributed by atoms with Crippen LogP contribution in [0.15, 0.2) is 5.38 Å². The van der Waals surface area contributed by atoms with E-state index < -0.39 is 24.0 Å². The number of thiazole rings is 1. The molecule has 0 amide bonds. The average Bonchev–Trinajstić information content (AvgIpc) is 3.03. The average molecular weight is 350 g/mol. The number of halogens is 3. The number of likely N-dealkylation sites (tertiary alicyclic amines) is 1. The van der Waals surface area contributed by atoms with Crippen molar-refractivity contribution >= 4 is 17.3 Å². The molecule has 23 heavy (non-hydrogen) atoms. The summed E-state index contributed by atoms with van der Waals surface area (Å²) in [7, 11) is 0. The fraction of sp³-hybridized carbons (Fsp3) is 0.733. The van der Waals surface area contributed by atoms with Gasteiger partial charge in [-0.1, -0.05) is 13.8 Å². The van der Waals surface area contributed by atoms with Crippen LogP contribution >= 0.6 is 11.3 Å². The maximum Gasteiger partial charge on any atom is 0.393 e. The van der Waals surface area contributed by atoms with Crippen molar-refractivity contribution in [2.24, 2.45) is 17.8 Å². The van der Waals surface area contributed by atoms with Gasteiger partial charge in [-0.2, -0.15) is 13.2 Å². The van der Waals surface area contributed by atoms with Gasteiger partial charge in [0, 0.05) is 25.0 Å². The van der Waals surface area contributed by atoms with Crippen LogP contribution in [-0.4, -0.2) is 40.2 Å². The molecule has 2 atom stereocenters. The van der Waals surface area contributed by atoms with Crippen molar-refractivity contribution in [3.63, 3.8) is 0 Å². The quantitative estimate of drug-likeness (QED) is 0.854. The number of carboxylic acid groups (broad SMARTS) is 1. The van der Waals surface area contributed by atoms with E-state index in [-0.39, 0.29) is 19.6 Å². The molecule has 0 aliphatic carbocycles. The molecular weight excluding hydrogens is 329 g/mol. The molecule has 8 heteroatoms. The number of hydrogen-bond acceptors (Lipinski definition) is 4. The van der Waals surface area contributed by atoms with Crippen LogP contribution in [0.3, 0.4) is 0 Å². The summed E-state index contributed by atoms with van der Waals surface area (Å²) in [5, 5.41) is 11.9. The Hall–Kier alpha value is -1.15. The molecule has 0 saturated carbocycles. The topological polar surface area (TPSA) is 53.4 Å². The maximum absolute atomic E-state index is 13.0. The van der Waals surface area contributed by atoms with Gasteiger partial charge in [-0.15, -0.1) is 11.3 Å². The predicted octanol–water partition coefficient (Wildman–Crippen LogP) is 3.43. The Bertz CT molecular complexity index is 545. The highest BCUT2D eigenvalue weighted by Crippen LogP contribution is 2.38. The van der Waals surface area contributed by atoms with Gasteiger partial charge >= 0.3 is 12.1 Å². The smallest absolute Gasteiger partial charge is 0.393 e. The number of alkyl halides is 3. The first kappa shape index (κ1) is 18.2. The van der Waals surface area contributed by atoms with Crippen LogP contribution in [0.25, 0.3) is 0 Å². The van der Waals surface area contributed by atoms with E-state index in [2.05, 4.69) is 18.8 Å². The van der Waals surface area contributed by atoms with Crippen molar-refractivity contribution in [2.75, 3.05) is 13.1 Å². The van der Waals surface area contributed by atoms with E-state index in [1.165, 1.54) is 16.2 Å². The molecule has 1 aliphatic rings. The van der Waals surface area contributed by atoms with Crippen molar-refractivity contribution in [2.45, 2.75) is 39.4 Å². The van der Waals surface area contributed by atoms with E-state index >= 15 is 0 Å². The van der Waals surface area contributed by atoms with Gasteiger partial charge in [-0.25, -0.2) is 4.98 Å². The minimum absolute atomic E-state index is 0.0850. The number of hydrogen-bond donors (Lipinski definition) is 1. The number of rotatable bonds is 6. The van der Waals surface area contributed by atoms with Crippen molar-refractivity contribution in [1.82, 2.24) is 9.88 Å². The Morgan fingerprint density at radius 3 is 2.70 bits per heavy atom. The fourth-order valence-corrected chi connectivity index (χ4v) is 3.58. The van der Waals surface area contributed by atoms with E-state index in [9.17, 15) is 18.0 Å². The summed E-state index contributed by atoms with van der Waals surface area (Å²) in [6.45, 7) is 4.16. The van der Waals surface area contributed by atoms with Crippen LogP contribution in [-0.2, 0) is 17.8 Å². The van der Waals surface area contributed by atoms with Crippen LogP contribution in [0, 0.1) is 17.8 Å². The van der Waals surface area contributed by atoms with Crippen LogP contribution in [0.1, 0.15) is 31.0 Å². The molecule has 2 rings (SSSR count). The predicted molar refractivity (Wildman–Crippen MR) is 81.2 cm³/mol. The van der Waals surface area contributed by atoms with Gasteiger partial charge in [0.25, 0.3) is 0 Å². The number of carboxylic acids is 1. The third-order valence-electron chi connectivity index (χ3n) is 4.05. The zero-order valence-corrected chi connectivity index (χ0v) is 14.0. The standard InChI is InChI=1S/C15H21F3N2O2S/c1-9(2)3-4-13-19-10(8-23-13)5-20-6-11(14(21)22)12(7-20)15(16,17)18/h8-9,11-12H,3-7H2,1-2H3,(H,21,22)/t11-,12-/m1/s1. The Morgan fingerprint density at radius 1 is 1.48 bits per heavy atom. The van der Waals surface area contributed by atoms with Crippen molar-refractivity contribution in [1.29, 1.82) is 0 Å². The fourth-order valence-electron chi connectivity index (χ4n) is 2.77.